The first-order valence-electron chi connectivity index (χ1n) is 10.0. The van der Waals surface area contributed by atoms with Crippen LogP contribution in [0.25, 0.3) is 22.6 Å². The van der Waals surface area contributed by atoms with Crippen LogP contribution in [0.3, 0.4) is 0 Å². The molecule has 2 aliphatic heterocycles. The maximum absolute atomic E-state index is 14.8. The Labute approximate surface area is 172 Å². The predicted molar refractivity (Wildman–Crippen MR) is 110 cm³/mol. The Bertz CT molecular complexity index is 1110. The SMILES string of the molecule is CN(c1ccc(-c2cnc(-c3cnn(C)c3)[nH]c2=O)nn1)[C@H]1C[C@@H]2CC[C@@H](N2)[C@H]1F. The van der Waals surface area contributed by atoms with E-state index in [0.717, 1.165) is 24.8 Å². The van der Waals surface area contributed by atoms with Gasteiger partial charge < -0.3 is 15.2 Å². The fourth-order valence-electron chi connectivity index (χ4n) is 4.44. The van der Waals surface area contributed by atoms with Crippen molar-refractivity contribution in [3.05, 3.63) is 41.1 Å². The van der Waals surface area contributed by atoms with Gasteiger partial charge in [-0.1, -0.05) is 0 Å². The second-order valence-corrected chi connectivity index (χ2v) is 8.06. The lowest BCUT2D eigenvalue weighted by atomic mass is 9.96. The molecule has 5 heterocycles. The van der Waals surface area contributed by atoms with Crippen LogP contribution in [-0.2, 0) is 7.05 Å². The maximum atomic E-state index is 14.8. The molecule has 2 fully saturated rings. The van der Waals surface area contributed by atoms with Gasteiger partial charge in [0.15, 0.2) is 5.82 Å². The van der Waals surface area contributed by atoms with Crippen molar-refractivity contribution in [3.63, 3.8) is 0 Å². The summed E-state index contributed by atoms with van der Waals surface area (Å²) in [6.07, 6.45) is 6.59. The molecule has 10 heteroatoms. The van der Waals surface area contributed by atoms with Crippen LogP contribution in [0.5, 0.6) is 0 Å². The number of aromatic amines is 1. The normalized spacial score (nSPS) is 25.4. The molecule has 2 aliphatic rings. The summed E-state index contributed by atoms with van der Waals surface area (Å²) in [6, 6.07) is 3.55. The van der Waals surface area contributed by atoms with E-state index >= 15 is 0 Å². The number of alkyl halides is 1. The van der Waals surface area contributed by atoms with E-state index in [-0.39, 0.29) is 17.6 Å². The minimum atomic E-state index is -0.942. The van der Waals surface area contributed by atoms with Crippen LogP contribution in [0.4, 0.5) is 10.2 Å². The maximum Gasteiger partial charge on any atom is 0.260 e. The smallest absolute Gasteiger partial charge is 0.260 e. The van der Waals surface area contributed by atoms with Gasteiger partial charge in [0.1, 0.15) is 17.7 Å². The zero-order valence-electron chi connectivity index (χ0n) is 16.8. The highest BCUT2D eigenvalue weighted by molar-refractivity contribution is 5.60. The van der Waals surface area contributed by atoms with Gasteiger partial charge in [0.25, 0.3) is 5.56 Å². The monoisotopic (exact) mass is 410 g/mol. The van der Waals surface area contributed by atoms with Gasteiger partial charge in [-0.3, -0.25) is 9.48 Å². The summed E-state index contributed by atoms with van der Waals surface area (Å²) >= 11 is 0. The van der Waals surface area contributed by atoms with Crippen molar-refractivity contribution in [2.24, 2.45) is 7.05 Å². The predicted octanol–water partition coefficient (Wildman–Crippen LogP) is 1.29. The van der Waals surface area contributed by atoms with E-state index in [2.05, 4.69) is 30.6 Å². The van der Waals surface area contributed by atoms with Crippen LogP contribution in [0.1, 0.15) is 19.3 Å². The molecule has 4 atom stereocenters. The van der Waals surface area contributed by atoms with Gasteiger partial charge >= 0.3 is 0 Å². The minimum absolute atomic E-state index is 0.0774. The Hall–Kier alpha value is -3.14. The van der Waals surface area contributed by atoms with Gasteiger partial charge in [-0.25, -0.2) is 9.37 Å². The third-order valence-electron chi connectivity index (χ3n) is 6.12. The van der Waals surface area contributed by atoms with Gasteiger partial charge in [-0.15, -0.1) is 10.2 Å². The number of rotatable bonds is 4. The van der Waals surface area contributed by atoms with Gasteiger partial charge in [0, 0.05) is 38.6 Å². The lowest BCUT2D eigenvalue weighted by molar-refractivity contribution is 0.176. The largest absolute Gasteiger partial charge is 0.352 e. The van der Waals surface area contributed by atoms with Crippen LogP contribution < -0.4 is 15.8 Å². The number of nitrogens with one attached hydrogen (secondary N) is 2. The van der Waals surface area contributed by atoms with Gasteiger partial charge in [-0.2, -0.15) is 5.10 Å². The first-order chi connectivity index (χ1) is 14.5. The summed E-state index contributed by atoms with van der Waals surface area (Å²) in [4.78, 5) is 21.5. The van der Waals surface area contributed by atoms with Crippen molar-refractivity contribution in [2.45, 2.75) is 43.6 Å². The number of fused-ring (bicyclic) bond motifs is 2. The van der Waals surface area contributed by atoms with E-state index in [1.807, 2.05) is 11.9 Å². The van der Waals surface area contributed by atoms with E-state index in [1.54, 1.807) is 36.3 Å². The van der Waals surface area contributed by atoms with Crippen molar-refractivity contribution >= 4 is 5.82 Å². The number of hydrogen-bond acceptors (Lipinski definition) is 7. The summed E-state index contributed by atoms with van der Waals surface area (Å²) in [5.74, 6) is 1.03. The second kappa shape index (κ2) is 7.28. The molecule has 5 rings (SSSR count). The van der Waals surface area contributed by atoms with E-state index in [1.165, 1.54) is 6.20 Å². The first-order valence-corrected chi connectivity index (χ1v) is 10.0. The van der Waals surface area contributed by atoms with Gasteiger partial charge in [0.05, 0.1) is 23.4 Å². The summed E-state index contributed by atoms with van der Waals surface area (Å²) in [5, 5.41) is 15.9. The quantitative estimate of drug-likeness (QED) is 0.668. The van der Waals surface area contributed by atoms with Crippen molar-refractivity contribution in [1.82, 2.24) is 35.3 Å². The third-order valence-corrected chi connectivity index (χ3v) is 6.12. The summed E-state index contributed by atoms with van der Waals surface area (Å²) in [6.45, 7) is 0. The van der Waals surface area contributed by atoms with Crippen molar-refractivity contribution < 1.29 is 4.39 Å². The Morgan fingerprint density at radius 3 is 2.80 bits per heavy atom. The Morgan fingerprint density at radius 1 is 1.23 bits per heavy atom. The lowest BCUT2D eigenvalue weighted by Crippen LogP contribution is -2.55. The average Bonchev–Trinajstić information content (AvgIpc) is 3.37. The fraction of sp³-hybridized carbons (Fsp3) is 0.450. The number of anilines is 1. The number of hydrogen-bond donors (Lipinski definition) is 2. The first kappa shape index (κ1) is 18.9. The molecular formula is C20H23FN8O. The molecule has 0 aromatic carbocycles. The highest BCUT2D eigenvalue weighted by Gasteiger charge is 2.43. The molecular weight excluding hydrogens is 387 g/mol. The van der Waals surface area contributed by atoms with Crippen LogP contribution in [0.2, 0.25) is 0 Å². The molecule has 3 aromatic heterocycles. The number of halogens is 1. The molecule has 0 amide bonds. The highest BCUT2D eigenvalue weighted by atomic mass is 19.1. The molecule has 2 N–H and O–H groups in total. The standard InChI is InChI=1S/C20H23FN8O/c1-28-10-11(8-23-28)19-22-9-13(20(30)25-19)14-5-6-17(27-26-14)29(2)16-7-12-3-4-15(24-12)18(16)21/h5-6,8-10,12,15-16,18,24H,3-4,7H2,1-2H3,(H,22,25,30)/t12-,15+,16-,18+/m0/s1. The molecule has 2 saturated heterocycles. The van der Waals surface area contributed by atoms with Gasteiger partial charge in [0.2, 0.25) is 0 Å². The third kappa shape index (κ3) is 3.26. The fourth-order valence-corrected chi connectivity index (χ4v) is 4.44. The summed E-state index contributed by atoms with van der Waals surface area (Å²) in [7, 11) is 3.65. The van der Waals surface area contributed by atoms with E-state index in [0.29, 0.717) is 28.9 Å². The number of aromatic nitrogens is 6. The molecule has 0 spiro atoms. The van der Waals surface area contributed by atoms with Crippen molar-refractivity contribution in [2.75, 3.05) is 11.9 Å². The van der Waals surface area contributed by atoms with Gasteiger partial charge in [-0.05, 0) is 31.4 Å². The number of piperidine rings is 1. The highest BCUT2D eigenvalue weighted by Crippen LogP contribution is 2.33. The molecule has 9 nitrogen and oxygen atoms in total. The number of nitrogens with zero attached hydrogens (tertiary/aromatic N) is 6. The van der Waals surface area contributed by atoms with E-state index in [9.17, 15) is 9.18 Å². The van der Waals surface area contributed by atoms with E-state index in [4.69, 9.17) is 0 Å². The summed E-state index contributed by atoms with van der Waals surface area (Å²) < 4.78 is 16.5. The molecule has 0 aliphatic carbocycles. The van der Waals surface area contributed by atoms with Crippen LogP contribution in [-0.4, -0.2) is 61.3 Å². The summed E-state index contributed by atoms with van der Waals surface area (Å²) in [5.41, 5.74) is 1.16. The average molecular weight is 410 g/mol. The zero-order valence-corrected chi connectivity index (χ0v) is 16.8. The van der Waals surface area contributed by atoms with Crippen molar-refractivity contribution in [1.29, 1.82) is 0 Å². The Balaban J connectivity index is 1.36. The zero-order chi connectivity index (χ0) is 20.8. The number of aryl methyl sites for hydroxylation is 1. The Kier molecular flexibility index (Phi) is 4.58. The van der Waals surface area contributed by atoms with E-state index < -0.39 is 6.17 Å². The van der Waals surface area contributed by atoms with Crippen molar-refractivity contribution in [3.8, 4) is 22.6 Å². The molecule has 0 radical (unpaired) electrons. The van der Waals surface area contributed by atoms with Crippen LogP contribution >= 0.6 is 0 Å². The second-order valence-electron chi connectivity index (χ2n) is 8.06. The lowest BCUT2D eigenvalue weighted by Gasteiger charge is -2.38. The number of H-pyrrole nitrogens is 1. The molecule has 0 saturated carbocycles. The molecule has 156 valence electrons. The minimum Gasteiger partial charge on any atom is -0.352 e. The molecule has 2 bridgehead atoms. The molecule has 0 unspecified atom stereocenters. The topological polar surface area (TPSA) is 105 Å². The van der Waals surface area contributed by atoms with Crippen LogP contribution in [0, 0.1) is 0 Å². The molecule has 30 heavy (non-hydrogen) atoms. The van der Waals surface area contributed by atoms with Crippen LogP contribution in [0.15, 0.2) is 35.5 Å². The molecule has 3 aromatic rings. The Morgan fingerprint density at radius 2 is 2.10 bits per heavy atom.